The van der Waals surface area contributed by atoms with Crippen LogP contribution in [0.3, 0.4) is 0 Å². The molecule has 0 radical (unpaired) electrons. The second kappa shape index (κ2) is 8.17. The molecule has 8 nitrogen and oxygen atoms in total. The molecule has 2 amide bonds. The SMILES string of the molecule is CN(C(=O)NC(C)(C)C)C1CCN(c2nnc(-c3ccnn3C)c3ccccc23)CC1. The lowest BCUT2D eigenvalue weighted by Gasteiger charge is -2.38. The lowest BCUT2D eigenvalue weighted by molar-refractivity contribution is 0.171. The van der Waals surface area contributed by atoms with Gasteiger partial charge in [0.1, 0.15) is 5.69 Å². The standard InChI is InChI=1S/C23H31N7O/c1-23(2,3)25-22(31)28(4)16-11-14-30(15-12-16)21-18-9-7-6-8-17(18)20(26-27-21)19-10-13-24-29(19)5/h6-10,13,16H,11-12,14-15H2,1-5H3,(H,25,31). The zero-order valence-corrected chi connectivity index (χ0v) is 19.0. The number of nitrogens with one attached hydrogen (secondary N) is 1. The molecule has 8 heteroatoms. The number of benzene rings is 1. The molecule has 1 saturated heterocycles. The molecule has 0 saturated carbocycles. The molecule has 0 bridgehead atoms. The third-order valence-corrected chi connectivity index (χ3v) is 5.85. The number of aryl methyl sites for hydroxylation is 1. The molecule has 2 aromatic heterocycles. The molecule has 164 valence electrons. The Morgan fingerprint density at radius 3 is 2.39 bits per heavy atom. The lowest BCUT2D eigenvalue weighted by atomic mass is 10.0. The molecule has 1 aromatic carbocycles. The summed E-state index contributed by atoms with van der Waals surface area (Å²) in [7, 11) is 3.80. The highest BCUT2D eigenvalue weighted by molar-refractivity contribution is 5.99. The van der Waals surface area contributed by atoms with Gasteiger partial charge in [-0.2, -0.15) is 5.10 Å². The van der Waals surface area contributed by atoms with Gasteiger partial charge in [-0.25, -0.2) is 4.79 Å². The van der Waals surface area contributed by atoms with Gasteiger partial charge in [0.05, 0.1) is 5.69 Å². The smallest absolute Gasteiger partial charge is 0.317 e. The maximum absolute atomic E-state index is 12.5. The van der Waals surface area contributed by atoms with Crippen molar-refractivity contribution in [2.24, 2.45) is 7.05 Å². The van der Waals surface area contributed by atoms with Crippen LogP contribution in [0.2, 0.25) is 0 Å². The summed E-state index contributed by atoms with van der Waals surface area (Å²) in [6, 6.07) is 10.4. The fourth-order valence-electron chi connectivity index (χ4n) is 4.16. The van der Waals surface area contributed by atoms with Crippen LogP contribution in [0.15, 0.2) is 36.5 Å². The van der Waals surface area contributed by atoms with E-state index in [0.717, 1.165) is 53.9 Å². The average molecular weight is 422 g/mol. The number of carbonyl (C=O) groups excluding carboxylic acids is 1. The first-order valence-corrected chi connectivity index (χ1v) is 10.8. The highest BCUT2D eigenvalue weighted by Crippen LogP contribution is 2.32. The zero-order chi connectivity index (χ0) is 22.2. The van der Waals surface area contributed by atoms with Crippen LogP contribution in [0.1, 0.15) is 33.6 Å². The van der Waals surface area contributed by atoms with Gasteiger partial charge in [-0.1, -0.05) is 24.3 Å². The number of hydrogen-bond donors (Lipinski definition) is 1. The molecule has 1 aliphatic rings. The molecule has 0 unspecified atom stereocenters. The number of hydrogen-bond acceptors (Lipinski definition) is 5. The third kappa shape index (κ3) is 4.33. The number of aromatic nitrogens is 4. The van der Waals surface area contributed by atoms with Crippen LogP contribution in [-0.4, -0.2) is 62.6 Å². The van der Waals surface area contributed by atoms with Crippen LogP contribution < -0.4 is 10.2 Å². The van der Waals surface area contributed by atoms with E-state index in [1.165, 1.54) is 0 Å². The molecule has 1 fully saturated rings. The van der Waals surface area contributed by atoms with Gasteiger partial charge >= 0.3 is 6.03 Å². The van der Waals surface area contributed by atoms with Crippen LogP contribution in [-0.2, 0) is 7.05 Å². The molecule has 3 aromatic rings. The topological polar surface area (TPSA) is 79.2 Å². The number of anilines is 1. The van der Waals surface area contributed by atoms with E-state index in [2.05, 4.69) is 37.6 Å². The predicted molar refractivity (Wildman–Crippen MR) is 123 cm³/mol. The fraction of sp³-hybridized carbons (Fsp3) is 0.478. The maximum atomic E-state index is 12.5. The van der Waals surface area contributed by atoms with Crippen molar-refractivity contribution >= 4 is 22.6 Å². The van der Waals surface area contributed by atoms with E-state index >= 15 is 0 Å². The van der Waals surface area contributed by atoms with Crippen molar-refractivity contribution in [3.05, 3.63) is 36.5 Å². The molecule has 1 aliphatic heterocycles. The minimum atomic E-state index is -0.240. The average Bonchev–Trinajstić information content (AvgIpc) is 3.17. The fourth-order valence-corrected chi connectivity index (χ4v) is 4.16. The summed E-state index contributed by atoms with van der Waals surface area (Å²) in [5.41, 5.74) is 1.55. The first-order valence-electron chi connectivity index (χ1n) is 10.8. The molecule has 1 N–H and O–H groups in total. The zero-order valence-electron chi connectivity index (χ0n) is 19.0. The van der Waals surface area contributed by atoms with Crippen LogP contribution in [0.5, 0.6) is 0 Å². The Labute approximate surface area is 183 Å². The first kappa shape index (κ1) is 21.1. The van der Waals surface area contributed by atoms with Crippen molar-refractivity contribution in [3.8, 4) is 11.4 Å². The van der Waals surface area contributed by atoms with Gasteiger partial charge in [-0.05, 0) is 39.7 Å². The van der Waals surface area contributed by atoms with Crippen LogP contribution >= 0.6 is 0 Å². The quantitative estimate of drug-likeness (QED) is 0.701. The maximum Gasteiger partial charge on any atom is 0.317 e. The number of rotatable bonds is 3. The van der Waals surface area contributed by atoms with E-state index in [-0.39, 0.29) is 17.6 Å². The minimum Gasteiger partial charge on any atom is -0.354 e. The lowest BCUT2D eigenvalue weighted by Crippen LogP contribution is -2.53. The van der Waals surface area contributed by atoms with Gasteiger partial charge in [0.25, 0.3) is 0 Å². The minimum absolute atomic E-state index is 0.0169. The Morgan fingerprint density at radius 2 is 1.77 bits per heavy atom. The van der Waals surface area contributed by atoms with E-state index in [9.17, 15) is 4.79 Å². The second-order valence-corrected chi connectivity index (χ2v) is 9.27. The molecule has 0 spiro atoms. The number of carbonyl (C=O) groups is 1. The molecule has 0 aliphatic carbocycles. The van der Waals surface area contributed by atoms with Crippen molar-refractivity contribution < 1.29 is 4.79 Å². The van der Waals surface area contributed by atoms with Crippen LogP contribution in [0, 0.1) is 0 Å². The molecular formula is C23H31N7O. The van der Waals surface area contributed by atoms with E-state index in [4.69, 9.17) is 0 Å². The number of urea groups is 1. The molecule has 4 rings (SSSR count). The summed E-state index contributed by atoms with van der Waals surface area (Å²) in [5, 5.41) is 18.7. The first-order chi connectivity index (χ1) is 14.7. The van der Waals surface area contributed by atoms with E-state index in [0.29, 0.717) is 0 Å². The second-order valence-electron chi connectivity index (χ2n) is 9.27. The van der Waals surface area contributed by atoms with Gasteiger partial charge < -0.3 is 15.1 Å². The summed E-state index contributed by atoms with van der Waals surface area (Å²) >= 11 is 0. The molecule has 0 atom stereocenters. The van der Waals surface area contributed by atoms with Crippen molar-refractivity contribution in [1.82, 2.24) is 30.2 Å². The molecule has 31 heavy (non-hydrogen) atoms. The summed E-state index contributed by atoms with van der Waals surface area (Å²) in [6.07, 6.45) is 3.57. The highest BCUT2D eigenvalue weighted by atomic mass is 16.2. The third-order valence-electron chi connectivity index (χ3n) is 5.85. The molecule has 3 heterocycles. The number of amides is 2. The summed E-state index contributed by atoms with van der Waals surface area (Å²) < 4.78 is 1.82. The van der Waals surface area contributed by atoms with Gasteiger partial charge in [0.15, 0.2) is 5.82 Å². The van der Waals surface area contributed by atoms with Gasteiger partial charge in [0.2, 0.25) is 0 Å². The Balaban J connectivity index is 1.54. The van der Waals surface area contributed by atoms with E-state index in [1.807, 2.05) is 62.6 Å². The van der Waals surface area contributed by atoms with Crippen LogP contribution in [0.4, 0.5) is 10.6 Å². The Morgan fingerprint density at radius 1 is 1.10 bits per heavy atom. The summed E-state index contributed by atoms with van der Waals surface area (Å²) in [5.74, 6) is 0.904. The van der Waals surface area contributed by atoms with Crippen LogP contribution in [0.25, 0.3) is 22.2 Å². The summed E-state index contributed by atoms with van der Waals surface area (Å²) in [6.45, 7) is 7.67. The highest BCUT2D eigenvalue weighted by Gasteiger charge is 2.28. The van der Waals surface area contributed by atoms with Gasteiger partial charge in [0, 0.05) is 55.7 Å². The number of nitrogens with zero attached hydrogens (tertiary/aromatic N) is 6. The number of piperidine rings is 1. The Kier molecular flexibility index (Phi) is 5.56. The monoisotopic (exact) mass is 421 g/mol. The van der Waals surface area contributed by atoms with Gasteiger partial charge in [-0.3, -0.25) is 4.68 Å². The normalized spacial score (nSPS) is 15.3. The molecular weight excluding hydrogens is 390 g/mol. The number of fused-ring (bicyclic) bond motifs is 1. The largest absolute Gasteiger partial charge is 0.354 e. The van der Waals surface area contributed by atoms with E-state index in [1.54, 1.807) is 6.20 Å². The Bertz CT molecular complexity index is 1080. The van der Waals surface area contributed by atoms with Crippen molar-refractivity contribution in [2.75, 3.05) is 25.0 Å². The Hall–Kier alpha value is -3.16. The summed E-state index contributed by atoms with van der Waals surface area (Å²) in [4.78, 5) is 16.7. The van der Waals surface area contributed by atoms with Crippen molar-refractivity contribution in [2.45, 2.75) is 45.2 Å². The predicted octanol–water partition coefficient (Wildman–Crippen LogP) is 3.44. The van der Waals surface area contributed by atoms with E-state index < -0.39 is 0 Å². The van der Waals surface area contributed by atoms with Gasteiger partial charge in [-0.15, -0.1) is 10.2 Å². The van der Waals surface area contributed by atoms with Crippen molar-refractivity contribution in [1.29, 1.82) is 0 Å². The van der Waals surface area contributed by atoms with Crippen molar-refractivity contribution in [3.63, 3.8) is 0 Å².